The molecule has 0 aliphatic carbocycles. The molecule has 5 nitrogen and oxygen atoms in total. The minimum atomic E-state index is -0.975. The fourth-order valence-corrected chi connectivity index (χ4v) is 3.00. The number of ether oxygens (including phenoxy) is 1. The number of carbonyl (C=O) groups is 2. The summed E-state index contributed by atoms with van der Waals surface area (Å²) in [5, 5.41) is 11.4. The van der Waals surface area contributed by atoms with Crippen LogP contribution in [0, 0.1) is 0 Å². The van der Waals surface area contributed by atoms with Gasteiger partial charge in [0, 0.05) is 12.7 Å². The second kappa shape index (κ2) is 7.63. The van der Waals surface area contributed by atoms with Crippen LogP contribution in [0.3, 0.4) is 0 Å². The summed E-state index contributed by atoms with van der Waals surface area (Å²) in [6.45, 7) is 3.40. The Balaban J connectivity index is 2.14. The number of amides is 1. The predicted molar refractivity (Wildman–Crippen MR) is 70.8 cm³/mol. The Bertz CT molecular complexity index is 298. The van der Waals surface area contributed by atoms with Crippen molar-refractivity contribution in [2.24, 2.45) is 0 Å². The minimum absolute atomic E-state index is 0.300. The predicted octanol–water partition coefficient (Wildman–Crippen LogP) is 1.27. The molecule has 0 aromatic carbocycles. The Morgan fingerprint density at radius 2 is 2.22 bits per heavy atom. The molecule has 0 spiro atoms. The molecule has 1 rings (SSSR count). The fourth-order valence-electron chi connectivity index (χ4n) is 1.93. The topological polar surface area (TPSA) is 75.6 Å². The highest BCUT2D eigenvalue weighted by atomic mass is 32.2. The van der Waals surface area contributed by atoms with E-state index in [0.29, 0.717) is 24.4 Å². The van der Waals surface area contributed by atoms with Gasteiger partial charge in [0.1, 0.15) is 6.04 Å². The third kappa shape index (κ3) is 5.73. The molecule has 1 aliphatic rings. The summed E-state index contributed by atoms with van der Waals surface area (Å²) in [4.78, 5) is 21.7. The molecule has 0 radical (unpaired) electrons. The van der Waals surface area contributed by atoms with E-state index in [9.17, 15) is 9.59 Å². The van der Waals surface area contributed by atoms with Gasteiger partial charge in [-0.05, 0) is 31.9 Å². The molecule has 18 heavy (non-hydrogen) atoms. The van der Waals surface area contributed by atoms with Gasteiger partial charge in [-0.25, -0.2) is 4.79 Å². The van der Waals surface area contributed by atoms with E-state index in [-0.39, 0.29) is 5.91 Å². The summed E-state index contributed by atoms with van der Waals surface area (Å²) in [6.07, 6.45) is 3.29. The molecule has 1 fully saturated rings. The lowest BCUT2D eigenvalue weighted by atomic mass is 10.2. The number of carboxylic acids is 1. The van der Waals surface area contributed by atoms with Crippen LogP contribution >= 0.6 is 11.8 Å². The second-order valence-corrected chi connectivity index (χ2v) is 5.75. The number of aliphatic carboxylic acids is 1. The summed E-state index contributed by atoms with van der Waals surface area (Å²) < 4.78 is 5.67. The number of thioether (sulfide) groups is 1. The molecular formula is C12H21NO4S. The maximum absolute atomic E-state index is 10.9. The van der Waals surface area contributed by atoms with E-state index < -0.39 is 12.0 Å². The van der Waals surface area contributed by atoms with Crippen LogP contribution in [-0.2, 0) is 14.3 Å². The molecule has 0 aromatic heterocycles. The smallest absolute Gasteiger partial charge is 0.326 e. The van der Waals surface area contributed by atoms with Crippen molar-refractivity contribution in [3.8, 4) is 0 Å². The number of rotatable bonds is 7. The van der Waals surface area contributed by atoms with Gasteiger partial charge in [0.25, 0.3) is 0 Å². The zero-order valence-corrected chi connectivity index (χ0v) is 11.7. The zero-order valence-electron chi connectivity index (χ0n) is 10.8. The number of hydrogen-bond acceptors (Lipinski definition) is 4. The largest absolute Gasteiger partial charge is 0.480 e. The van der Waals surface area contributed by atoms with Gasteiger partial charge in [0.2, 0.25) is 5.91 Å². The van der Waals surface area contributed by atoms with Gasteiger partial charge >= 0.3 is 5.97 Å². The van der Waals surface area contributed by atoms with Crippen molar-refractivity contribution < 1.29 is 19.4 Å². The highest BCUT2D eigenvalue weighted by molar-refractivity contribution is 7.99. The first-order chi connectivity index (χ1) is 8.49. The van der Waals surface area contributed by atoms with Crippen LogP contribution in [-0.4, -0.2) is 46.7 Å². The van der Waals surface area contributed by atoms with Gasteiger partial charge in [-0.15, -0.1) is 0 Å². The van der Waals surface area contributed by atoms with Crippen molar-refractivity contribution in [1.29, 1.82) is 0 Å². The van der Waals surface area contributed by atoms with Crippen molar-refractivity contribution in [1.82, 2.24) is 5.32 Å². The van der Waals surface area contributed by atoms with Gasteiger partial charge in [-0.2, -0.15) is 11.8 Å². The van der Waals surface area contributed by atoms with Crippen LogP contribution in [0.15, 0.2) is 0 Å². The van der Waals surface area contributed by atoms with Crippen molar-refractivity contribution >= 4 is 23.6 Å². The summed E-state index contributed by atoms with van der Waals surface area (Å²) in [5.41, 5.74) is 0. The van der Waals surface area contributed by atoms with Gasteiger partial charge in [0.05, 0.1) is 12.2 Å². The standard InChI is InChI=1S/C12H21NO4S/c1-8-3-4-10(17-8)7-18-6-5-11(12(15)16)13-9(2)14/h8,10-11H,3-7H2,1-2H3,(H,13,14)(H,15,16). The maximum Gasteiger partial charge on any atom is 0.326 e. The molecule has 104 valence electrons. The van der Waals surface area contributed by atoms with Crippen LogP contribution in [0.5, 0.6) is 0 Å². The van der Waals surface area contributed by atoms with E-state index >= 15 is 0 Å². The first-order valence-corrected chi connectivity index (χ1v) is 7.37. The average molecular weight is 275 g/mol. The SMILES string of the molecule is CC(=O)NC(CCSCC1CCC(C)O1)C(=O)O. The number of carboxylic acid groups (broad SMARTS) is 1. The molecule has 0 aromatic rings. The monoisotopic (exact) mass is 275 g/mol. The van der Waals surface area contributed by atoms with Crippen LogP contribution in [0.2, 0.25) is 0 Å². The van der Waals surface area contributed by atoms with Crippen LogP contribution in [0.25, 0.3) is 0 Å². The lowest BCUT2D eigenvalue weighted by Gasteiger charge is -2.14. The molecule has 1 saturated heterocycles. The number of nitrogens with one attached hydrogen (secondary N) is 1. The Morgan fingerprint density at radius 3 is 2.72 bits per heavy atom. The zero-order chi connectivity index (χ0) is 13.5. The summed E-state index contributed by atoms with van der Waals surface area (Å²) in [6, 6.07) is -0.779. The van der Waals surface area contributed by atoms with Gasteiger partial charge in [0.15, 0.2) is 0 Å². The molecular weight excluding hydrogens is 254 g/mol. The number of carbonyl (C=O) groups excluding carboxylic acids is 1. The van der Waals surface area contributed by atoms with Crippen molar-refractivity contribution in [2.75, 3.05) is 11.5 Å². The Kier molecular flexibility index (Phi) is 6.49. The molecule has 0 bridgehead atoms. The van der Waals surface area contributed by atoms with E-state index in [1.54, 1.807) is 11.8 Å². The summed E-state index contributed by atoms with van der Waals surface area (Å²) in [5.74, 6) is 0.333. The van der Waals surface area contributed by atoms with E-state index in [4.69, 9.17) is 9.84 Å². The lowest BCUT2D eigenvalue weighted by molar-refractivity contribution is -0.141. The molecule has 6 heteroatoms. The molecule has 0 saturated carbocycles. The highest BCUT2D eigenvalue weighted by Crippen LogP contribution is 2.22. The van der Waals surface area contributed by atoms with Gasteiger partial charge < -0.3 is 15.2 Å². The van der Waals surface area contributed by atoms with E-state index in [0.717, 1.165) is 18.6 Å². The number of hydrogen-bond donors (Lipinski definition) is 2. The van der Waals surface area contributed by atoms with Gasteiger partial charge in [-0.1, -0.05) is 0 Å². The fraction of sp³-hybridized carbons (Fsp3) is 0.833. The van der Waals surface area contributed by atoms with Crippen molar-refractivity contribution in [2.45, 2.75) is 51.4 Å². The van der Waals surface area contributed by atoms with Crippen molar-refractivity contribution in [3.05, 3.63) is 0 Å². The van der Waals surface area contributed by atoms with E-state index in [1.807, 2.05) is 0 Å². The molecule has 1 heterocycles. The molecule has 1 aliphatic heterocycles. The summed E-state index contributed by atoms with van der Waals surface area (Å²) >= 11 is 1.69. The van der Waals surface area contributed by atoms with Gasteiger partial charge in [-0.3, -0.25) is 4.79 Å². The lowest BCUT2D eigenvalue weighted by Crippen LogP contribution is -2.39. The first-order valence-electron chi connectivity index (χ1n) is 6.22. The first kappa shape index (κ1) is 15.3. The van der Waals surface area contributed by atoms with Crippen LogP contribution in [0.1, 0.15) is 33.1 Å². The highest BCUT2D eigenvalue weighted by Gasteiger charge is 2.22. The van der Waals surface area contributed by atoms with E-state index in [2.05, 4.69) is 12.2 Å². The molecule has 3 atom stereocenters. The quantitative estimate of drug-likeness (QED) is 0.684. The Morgan fingerprint density at radius 1 is 1.50 bits per heavy atom. The van der Waals surface area contributed by atoms with Crippen LogP contribution in [0.4, 0.5) is 0 Å². The van der Waals surface area contributed by atoms with Crippen molar-refractivity contribution in [3.63, 3.8) is 0 Å². The van der Waals surface area contributed by atoms with Crippen LogP contribution < -0.4 is 5.32 Å². The Hall–Kier alpha value is -0.750. The molecule has 1 amide bonds. The van der Waals surface area contributed by atoms with E-state index in [1.165, 1.54) is 6.92 Å². The Labute approximate surface area is 112 Å². The third-order valence-electron chi connectivity index (χ3n) is 2.85. The maximum atomic E-state index is 10.9. The third-order valence-corrected chi connectivity index (χ3v) is 3.98. The molecule has 2 N–H and O–H groups in total. The average Bonchev–Trinajstić information content (AvgIpc) is 2.68. The minimum Gasteiger partial charge on any atom is -0.480 e. The normalized spacial score (nSPS) is 24.8. The summed E-state index contributed by atoms with van der Waals surface area (Å²) in [7, 11) is 0. The second-order valence-electron chi connectivity index (χ2n) is 4.60. The molecule has 3 unspecified atom stereocenters.